The van der Waals surface area contributed by atoms with Crippen LogP contribution in [0.15, 0.2) is 72.8 Å². The van der Waals surface area contributed by atoms with Crippen molar-refractivity contribution in [1.82, 2.24) is 4.98 Å². The number of aryl methyl sites for hydroxylation is 1. The van der Waals surface area contributed by atoms with Crippen molar-refractivity contribution in [1.29, 1.82) is 0 Å². The van der Waals surface area contributed by atoms with Gasteiger partial charge in [-0.15, -0.1) is 11.3 Å². The Labute approximate surface area is 133 Å². The summed E-state index contributed by atoms with van der Waals surface area (Å²) >= 11 is 1.75. The molecule has 4 aromatic rings. The minimum Gasteiger partial charge on any atom is -0.236 e. The zero-order valence-electron chi connectivity index (χ0n) is 12.3. The Morgan fingerprint density at radius 2 is 1.45 bits per heavy atom. The second-order valence-corrected chi connectivity index (χ2v) is 6.46. The van der Waals surface area contributed by atoms with Crippen LogP contribution in [-0.2, 0) is 0 Å². The smallest absolute Gasteiger partial charge is 0.124 e. The van der Waals surface area contributed by atoms with E-state index in [9.17, 15) is 0 Å². The number of nitrogens with zero attached hydrogens (tertiary/aromatic N) is 1. The van der Waals surface area contributed by atoms with Crippen molar-refractivity contribution < 1.29 is 0 Å². The van der Waals surface area contributed by atoms with E-state index in [-0.39, 0.29) is 0 Å². The molecule has 1 nitrogen and oxygen atoms in total. The molecule has 0 bridgehead atoms. The summed E-state index contributed by atoms with van der Waals surface area (Å²) in [5.41, 5.74) is 5.99. The van der Waals surface area contributed by atoms with E-state index >= 15 is 0 Å². The van der Waals surface area contributed by atoms with E-state index in [4.69, 9.17) is 4.98 Å². The zero-order chi connectivity index (χ0) is 14.9. The molecule has 1 aromatic heterocycles. The first-order chi connectivity index (χ1) is 10.8. The molecule has 0 unspecified atom stereocenters. The first-order valence-corrected chi connectivity index (χ1v) is 8.14. The van der Waals surface area contributed by atoms with Gasteiger partial charge in [-0.05, 0) is 30.2 Å². The maximum atomic E-state index is 4.81. The lowest BCUT2D eigenvalue weighted by Crippen LogP contribution is -1.79. The molecule has 0 spiro atoms. The third-order valence-electron chi connectivity index (χ3n) is 3.79. The van der Waals surface area contributed by atoms with Crippen LogP contribution < -0.4 is 0 Å². The Balaban J connectivity index is 1.80. The minimum atomic E-state index is 1.07. The van der Waals surface area contributed by atoms with Crippen LogP contribution in [0.1, 0.15) is 5.56 Å². The van der Waals surface area contributed by atoms with Crippen molar-refractivity contribution >= 4 is 21.6 Å². The van der Waals surface area contributed by atoms with Gasteiger partial charge in [-0.1, -0.05) is 66.2 Å². The number of benzene rings is 3. The Hall–Kier alpha value is -2.45. The fourth-order valence-corrected chi connectivity index (χ4v) is 3.51. The molecule has 106 valence electrons. The van der Waals surface area contributed by atoms with Crippen LogP contribution in [0.25, 0.3) is 31.9 Å². The van der Waals surface area contributed by atoms with E-state index in [2.05, 4.69) is 73.7 Å². The average Bonchev–Trinajstić information content (AvgIpc) is 2.99. The van der Waals surface area contributed by atoms with Gasteiger partial charge in [-0.25, -0.2) is 4.98 Å². The predicted octanol–water partition coefficient (Wildman–Crippen LogP) is 5.94. The van der Waals surface area contributed by atoms with Gasteiger partial charge in [0.05, 0.1) is 10.2 Å². The van der Waals surface area contributed by atoms with E-state index in [1.165, 1.54) is 27.0 Å². The first kappa shape index (κ1) is 13.2. The largest absolute Gasteiger partial charge is 0.236 e. The van der Waals surface area contributed by atoms with Crippen molar-refractivity contribution in [2.75, 3.05) is 0 Å². The molecule has 22 heavy (non-hydrogen) atoms. The third-order valence-corrected chi connectivity index (χ3v) is 4.88. The van der Waals surface area contributed by atoms with Crippen molar-refractivity contribution in [2.45, 2.75) is 6.92 Å². The average molecular weight is 301 g/mol. The topological polar surface area (TPSA) is 12.9 Å². The Kier molecular flexibility index (Phi) is 3.24. The number of thiazole rings is 1. The summed E-state index contributed by atoms with van der Waals surface area (Å²) in [5, 5.41) is 1.08. The molecule has 2 heteroatoms. The Bertz CT molecular complexity index is 921. The quantitative estimate of drug-likeness (QED) is 0.446. The summed E-state index contributed by atoms with van der Waals surface area (Å²) in [4.78, 5) is 4.81. The lowest BCUT2D eigenvalue weighted by molar-refractivity contribution is 1.46. The van der Waals surface area contributed by atoms with Crippen LogP contribution >= 0.6 is 11.3 Å². The summed E-state index contributed by atoms with van der Waals surface area (Å²) in [6, 6.07) is 25.5. The zero-order valence-corrected chi connectivity index (χ0v) is 13.1. The van der Waals surface area contributed by atoms with Gasteiger partial charge in [-0.3, -0.25) is 0 Å². The second kappa shape index (κ2) is 5.39. The molecule has 0 N–H and O–H groups in total. The molecule has 0 aliphatic rings. The number of hydrogen-bond acceptors (Lipinski definition) is 2. The number of rotatable bonds is 2. The fourth-order valence-electron chi connectivity index (χ4n) is 2.56. The predicted molar refractivity (Wildman–Crippen MR) is 95.2 cm³/mol. The van der Waals surface area contributed by atoms with Crippen LogP contribution in [-0.4, -0.2) is 4.98 Å². The van der Waals surface area contributed by atoms with Gasteiger partial charge in [0.2, 0.25) is 0 Å². The van der Waals surface area contributed by atoms with E-state index in [1.54, 1.807) is 11.3 Å². The Morgan fingerprint density at radius 3 is 2.23 bits per heavy atom. The van der Waals surface area contributed by atoms with Crippen molar-refractivity contribution in [2.24, 2.45) is 0 Å². The molecule has 0 aliphatic heterocycles. The molecule has 1 heterocycles. The molecular weight excluding hydrogens is 286 g/mol. The van der Waals surface area contributed by atoms with E-state index in [0.717, 1.165) is 10.5 Å². The number of hydrogen-bond donors (Lipinski definition) is 0. The molecule has 0 fully saturated rings. The lowest BCUT2D eigenvalue weighted by atomic mass is 10.0. The summed E-state index contributed by atoms with van der Waals surface area (Å²) in [6.07, 6.45) is 0. The maximum Gasteiger partial charge on any atom is 0.124 e. The standard InChI is InChI=1S/C20H15NS/c1-14-7-9-15(10-8-14)17-11-12-19-18(13-17)21-20(22-19)16-5-3-2-4-6-16/h2-13H,1H3. The normalized spacial score (nSPS) is 11.0. The van der Waals surface area contributed by atoms with E-state index in [1.807, 2.05) is 6.07 Å². The van der Waals surface area contributed by atoms with Crippen LogP contribution in [0.5, 0.6) is 0 Å². The highest BCUT2D eigenvalue weighted by molar-refractivity contribution is 7.21. The third kappa shape index (κ3) is 2.42. The van der Waals surface area contributed by atoms with Gasteiger partial charge in [0.25, 0.3) is 0 Å². The van der Waals surface area contributed by atoms with Gasteiger partial charge in [0.1, 0.15) is 5.01 Å². The van der Waals surface area contributed by atoms with Crippen molar-refractivity contribution in [3.8, 4) is 21.7 Å². The highest BCUT2D eigenvalue weighted by Crippen LogP contribution is 2.32. The highest BCUT2D eigenvalue weighted by Gasteiger charge is 2.07. The van der Waals surface area contributed by atoms with Gasteiger partial charge >= 0.3 is 0 Å². The van der Waals surface area contributed by atoms with Gasteiger partial charge in [-0.2, -0.15) is 0 Å². The minimum absolute atomic E-state index is 1.07. The molecule has 0 saturated heterocycles. The molecule has 0 radical (unpaired) electrons. The molecule has 0 amide bonds. The highest BCUT2D eigenvalue weighted by atomic mass is 32.1. The summed E-state index contributed by atoms with van der Waals surface area (Å²) in [6.45, 7) is 2.11. The summed E-state index contributed by atoms with van der Waals surface area (Å²) < 4.78 is 1.23. The van der Waals surface area contributed by atoms with Crippen LogP contribution in [0.4, 0.5) is 0 Å². The van der Waals surface area contributed by atoms with Crippen molar-refractivity contribution in [3.63, 3.8) is 0 Å². The van der Waals surface area contributed by atoms with Crippen LogP contribution in [0.2, 0.25) is 0 Å². The van der Waals surface area contributed by atoms with Gasteiger partial charge in [0, 0.05) is 5.56 Å². The van der Waals surface area contributed by atoms with E-state index < -0.39 is 0 Å². The van der Waals surface area contributed by atoms with Crippen molar-refractivity contribution in [3.05, 3.63) is 78.4 Å². The molecule has 0 aliphatic carbocycles. The van der Waals surface area contributed by atoms with E-state index in [0.29, 0.717) is 0 Å². The fraction of sp³-hybridized carbons (Fsp3) is 0.0500. The molecule has 4 rings (SSSR count). The molecule has 3 aromatic carbocycles. The Morgan fingerprint density at radius 1 is 0.727 bits per heavy atom. The summed E-state index contributed by atoms with van der Waals surface area (Å²) in [5.74, 6) is 0. The molecule has 0 atom stereocenters. The second-order valence-electron chi connectivity index (χ2n) is 5.43. The molecular formula is C20H15NS. The van der Waals surface area contributed by atoms with Crippen LogP contribution in [0, 0.1) is 6.92 Å². The molecule has 0 saturated carbocycles. The SMILES string of the molecule is Cc1ccc(-c2ccc3sc(-c4ccccc4)nc3c2)cc1. The summed E-state index contributed by atoms with van der Waals surface area (Å²) in [7, 11) is 0. The number of aromatic nitrogens is 1. The lowest BCUT2D eigenvalue weighted by Gasteiger charge is -2.01. The monoisotopic (exact) mass is 301 g/mol. The first-order valence-electron chi connectivity index (χ1n) is 7.33. The number of fused-ring (bicyclic) bond motifs is 1. The maximum absolute atomic E-state index is 4.81. The van der Waals surface area contributed by atoms with Crippen LogP contribution in [0.3, 0.4) is 0 Å². The van der Waals surface area contributed by atoms with Gasteiger partial charge < -0.3 is 0 Å². The van der Waals surface area contributed by atoms with Gasteiger partial charge in [0.15, 0.2) is 0 Å².